The molecular weight excluding hydrogens is 271 g/mol. The molecule has 110 valence electrons. The monoisotopic (exact) mass is 286 g/mol. The van der Waals surface area contributed by atoms with Crippen LogP contribution in [0.2, 0.25) is 0 Å². The Hall–Kier alpha value is -1.58. The summed E-state index contributed by atoms with van der Waals surface area (Å²) in [6, 6.07) is 0. The highest BCUT2D eigenvalue weighted by atomic mass is 19.5. The number of aryl methyl sites for hydroxylation is 1. The second-order valence-corrected chi connectivity index (χ2v) is 3.40. The Morgan fingerprint density at radius 1 is 1.37 bits per heavy atom. The van der Waals surface area contributed by atoms with Crippen molar-refractivity contribution in [3.8, 4) is 0 Å². The van der Waals surface area contributed by atoms with E-state index in [2.05, 4.69) is 4.98 Å². The molecule has 0 atom stereocenters. The summed E-state index contributed by atoms with van der Waals surface area (Å²) < 4.78 is 50.5. The lowest BCUT2D eigenvalue weighted by atomic mass is 10.3. The molecule has 0 aromatic carbocycles. The first kappa shape index (κ1) is 17.4. The predicted molar refractivity (Wildman–Crippen MR) is 58.7 cm³/mol. The van der Waals surface area contributed by atoms with Crippen LogP contribution in [0.25, 0.3) is 0 Å². The highest BCUT2D eigenvalue weighted by Crippen LogP contribution is 2.06. The van der Waals surface area contributed by atoms with Crippen LogP contribution in [0.5, 0.6) is 0 Å². The van der Waals surface area contributed by atoms with Crippen LogP contribution in [0, 0.1) is 0 Å². The number of carbonyl (C=O) groups is 1. The van der Waals surface area contributed by atoms with Gasteiger partial charge in [0.05, 0.1) is 13.7 Å². The fraction of sp³-hybridized carbons (Fsp3) is 0.556. The SMILES string of the molecule is COCCOC(=O)Cc1[nH]cc[n+]1C.F[B-](F)(F)F. The van der Waals surface area contributed by atoms with Gasteiger partial charge in [-0.3, -0.25) is 4.79 Å². The molecule has 0 aliphatic heterocycles. The molecule has 0 unspecified atom stereocenters. The molecule has 0 amide bonds. The number of nitrogens with zero attached hydrogens (tertiary/aromatic N) is 1. The van der Waals surface area contributed by atoms with Crippen LogP contribution in [0.15, 0.2) is 12.4 Å². The Kier molecular flexibility index (Phi) is 7.81. The average molecular weight is 286 g/mol. The van der Waals surface area contributed by atoms with Crippen molar-refractivity contribution in [2.45, 2.75) is 6.42 Å². The van der Waals surface area contributed by atoms with Gasteiger partial charge in [0.25, 0.3) is 5.82 Å². The summed E-state index contributed by atoms with van der Waals surface area (Å²) in [6.07, 6.45) is 3.88. The van der Waals surface area contributed by atoms with Crippen molar-refractivity contribution in [2.24, 2.45) is 7.05 Å². The first-order chi connectivity index (χ1) is 8.74. The molecule has 1 aromatic rings. The van der Waals surface area contributed by atoms with Gasteiger partial charge in [0, 0.05) is 7.11 Å². The fourth-order valence-corrected chi connectivity index (χ4v) is 1.04. The largest absolute Gasteiger partial charge is 0.673 e. The molecule has 1 heterocycles. The molecular formula is C9H15BF4N2O3. The van der Waals surface area contributed by atoms with Crippen molar-refractivity contribution in [3.05, 3.63) is 18.2 Å². The third-order valence-corrected chi connectivity index (χ3v) is 1.84. The number of aromatic amines is 1. The van der Waals surface area contributed by atoms with Crippen molar-refractivity contribution in [3.63, 3.8) is 0 Å². The van der Waals surface area contributed by atoms with Gasteiger partial charge in [-0.05, 0) is 0 Å². The van der Waals surface area contributed by atoms with Gasteiger partial charge in [-0.15, -0.1) is 0 Å². The molecule has 5 nitrogen and oxygen atoms in total. The Morgan fingerprint density at radius 3 is 2.37 bits per heavy atom. The maximum atomic E-state index is 11.2. The van der Waals surface area contributed by atoms with E-state index in [1.54, 1.807) is 13.3 Å². The number of carbonyl (C=O) groups excluding carboxylic acids is 1. The molecule has 1 N–H and O–H groups in total. The zero-order valence-electron chi connectivity index (χ0n) is 10.5. The molecule has 0 aliphatic carbocycles. The van der Waals surface area contributed by atoms with E-state index in [1.807, 2.05) is 17.8 Å². The molecule has 0 bridgehead atoms. The van der Waals surface area contributed by atoms with E-state index in [0.717, 1.165) is 5.82 Å². The van der Waals surface area contributed by atoms with Crippen molar-refractivity contribution >= 4 is 13.2 Å². The van der Waals surface area contributed by atoms with Gasteiger partial charge in [-0.2, -0.15) is 0 Å². The van der Waals surface area contributed by atoms with Crippen molar-refractivity contribution in [1.82, 2.24) is 4.98 Å². The van der Waals surface area contributed by atoms with E-state index < -0.39 is 7.25 Å². The van der Waals surface area contributed by atoms with Gasteiger partial charge >= 0.3 is 13.2 Å². The lowest BCUT2D eigenvalue weighted by molar-refractivity contribution is -0.677. The standard InChI is InChI=1S/C9H14N2O3.BF4/c1-11-4-3-10-8(11)7-9(12)14-6-5-13-2;2-1(3,4)5/h3-4H,5-7H2,1-2H3;/q;-1/p+1. The van der Waals surface area contributed by atoms with Gasteiger partial charge < -0.3 is 26.7 Å². The van der Waals surface area contributed by atoms with Gasteiger partial charge in [0.2, 0.25) is 0 Å². The van der Waals surface area contributed by atoms with Crippen LogP contribution < -0.4 is 4.57 Å². The topological polar surface area (TPSA) is 55.2 Å². The van der Waals surface area contributed by atoms with Crippen LogP contribution in [0.4, 0.5) is 17.3 Å². The molecule has 0 saturated carbocycles. The molecule has 0 spiro atoms. The number of imidazole rings is 1. The minimum absolute atomic E-state index is 0.250. The third kappa shape index (κ3) is 11.3. The van der Waals surface area contributed by atoms with Crippen molar-refractivity contribution in [1.29, 1.82) is 0 Å². The number of halogens is 4. The maximum absolute atomic E-state index is 11.2. The Labute approximate surface area is 107 Å². The number of H-pyrrole nitrogens is 1. The summed E-state index contributed by atoms with van der Waals surface area (Å²) in [7, 11) is -2.56. The molecule has 0 fully saturated rings. The number of aromatic nitrogens is 2. The van der Waals surface area contributed by atoms with Gasteiger partial charge in [0.15, 0.2) is 0 Å². The van der Waals surface area contributed by atoms with Crippen LogP contribution >= 0.6 is 0 Å². The number of rotatable bonds is 5. The van der Waals surface area contributed by atoms with Crippen molar-refractivity contribution in [2.75, 3.05) is 20.3 Å². The van der Waals surface area contributed by atoms with Crippen LogP contribution in [-0.2, 0) is 27.7 Å². The highest BCUT2D eigenvalue weighted by molar-refractivity contribution is 6.50. The quantitative estimate of drug-likeness (QED) is 0.287. The molecule has 0 aliphatic rings. The van der Waals surface area contributed by atoms with Crippen LogP contribution in [-0.4, -0.2) is 38.5 Å². The zero-order valence-corrected chi connectivity index (χ0v) is 10.5. The number of esters is 1. The number of ether oxygens (including phenoxy) is 2. The van der Waals surface area contributed by atoms with Crippen LogP contribution in [0.1, 0.15) is 5.82 Å². The highest BCUT2D eigenvalue weighted by Gasteiger charge is 2.20. The minimum Gasteiger partial charge on any atom is -0.463 e. The summed E-state index contributed by atoms with van der Waals surface area (Å²) in [5.74, 6) is 0.576. The molecule has 19 heavy (non-hydrogen) atoms. The smallest absolute Gasteiger partial charge is 0.463 e. The zero-order chi connectivity index (χ0) is 14.9. The van der Waals surface area contributed by atoms with E-state index in [1.165, 1.54) is 0 Å². The van der Waals surface area contributed by atoms with E-state index in [9.17, 15) is 22.1 Å². The Bertz CT molecular complexity index is 378. The van der Waals surface area contributed by atoms with Gasteiger partial charge in [0.1, 0.15) is 25.4 Å². The van der Waals surface area contributed by atoms with E-state index >= 15 is 0 Å². The molecule has 0 saturated heterocycles. The number of methoxy groups -OCH3 is 1. The normalized spacial score (nSPS) is 10.6. The summed E-state index contributed by atoms with van der Waals surface area (Å²) in [6.45, 7) is 0.738. The van der Waals surface area contributed by atoms with Gasteiger partial charge in [-0.25, -0.2) is 9.55 Å². The number of nitrogens with one attached hydrogen (secondary N) is 1. The van der Waals surface area contributed by atoms with Gasteiger partial charge in [-0.1, -0.05) is 0 Å². The second kappa shape index (κ2) is 8.51. The molecule has 0 radical (unpaired) electrons. The lowest BCUT2D eigenvalue weighted by Gasteiger charge is -2.01. The average Bonchev–Trinajstić information content (AvgIpc) is 2.62. The van der Waals surface area contributed by atoms with E-state index in [0.29, 0.717) is 13.2 Å². The summed E-state index contributed by atoms with van der Waals surface area (Å²) >= 11 is 0. The van der Waals surface area contributed by atoms with E-state index in [4.69, 9.17) is 9.47 Å². The summed E-state index contributed by atoms with van der Waals surface area (Å²) in [5.41, 5.74) is 0. The Balaban J connectivity index is 0.000000555. The summed E-state index contributed by atoms with van der Waals surface area (Å²) in [5, 5.41) is 0. The maximum Gasteiger partial charge on any atom is 0.673 e. The number of hydrogen-bond acceptors (Lipinski definition) is 3. The Morgan fingerprint density at radius 2 is 1.95 bits per heavy atom. The summed E-state index contributed by atoms with van der Waals surface area (Å²) in [4.78, 5) is 14.2. The molecule has 1 rings (SSSR count). The second-order valence-electron chi connectivity index (χ2n) is 3.40. The minimum atomic E-state index is -6.00. The van der Waals surface area contributed by atoms with E-state index in [-0.39, 0.29) is 12.4 Å². The number of hydrogen-bond donors (Lipinski definition) is 1. The molecule has 10 heteroatoms. The fourth-order valence-electron chi connectivity index (χ4n) is 1.04. The molecule has 1 aromatic heterocycles. The third-order valence-electron chi connectivity index (χ3n) is 1.84. The van der Waals surface area contributed by atoms with Crippen LogP contribution in [0.3, 0.4) is 0 Å². The lowest BCUT2D eigenvalue weighted by Crippen LogP contribution is -2.32. The predicted octanol–water partition coefficient (Wildman–Crippen LogP) is 0.871. The first-order valence-corrected chi connectivity index (χ1v) is 5.27. The van der Waals surface area contributed by atoms with Crippen molar-refractivity contribution < 1.29 is 36.1 Å². The first-order valence-electron chi connectivity index (χ1n) is 5.27.